The second-order valence-corrected chi connectivity index (χ2v) is 0.476. The normalized spacial score (nSPS) is 3.69. The van der Waals surface area contributed by atoms with Crippen LogP contribution in [0.4, 0.5) is 0 Å². The van der Waals surface area contributed by atoms with Crippen molar-refractivity contribution in [2.45, 2.75) is 0 Å². The standard InChI is InChI=1S/Co.2HNO3.4H2O/c;2*2-1(3)4;;;;/h;2*(H,2,3,4);4*1H2/p+4. The Labute approximate surface area is 80.4 Å². The molecule has 0 saturated carbocycles. The molecular weight excluding hydrogens is 247 g/mol. The molecule has 89 valence electrons. The summed E-state index contributed by atoms with van der Waals surface area (Å²) < 4.78 is 0. The van der Waals surface area contributed by atoms with Gasteiger partial charge in [-0.2, -0.15) is 0 Å². The second kappa shape index (κ2) is 45.3. The zero-order chi connectivity index (χ0) is 7.15. The van der Waals surface area contributed by atoms with Crippen molar-refractivity contribution in [1.29, 1.82) is 0 Å². The summed E-state index contributed by atoms with van der Waals surface area (Å²) in [5, 5.41) is 27.3. The smallest absolute Gasteiger partial charge is 0.291 e. The Bertz CT molecular complexity index is 70.9. The minimum atomic E-state index is -1.50. The molecule has 0 aliphatic rings. The summed E-state index contributed by atoms with van der Waals surface area (Å²) in [6.07, 6.45) is 0. The van der Waals surface area contributed by atoms with Gasteiger partial charge in [-0.15, -0.1) is 20.2 Å². The Hall–Kier alpha value is -1.25. The van der Waals surface area contributed by atoms with Crippen molar-refractivity contribution in [3.8, 4) is 0 Å². The number of rotatable bonds is 0. The molecule has 0 bridgehead atoms. The fourth-order valence-corrected chi connectivity index (χ4v) is 0. The van der Waals surface area contributed by atoms with E-state index >= 15 is 0 Å². The maximum atomic E-state index is 8.36. The summed E-state index contributed by atoms with van der Waals surface area (Å²) in [6, 6.07) is 0. The van der Waals surface area contributed by atoms with Crippen LogP contribution in [0.1, 0.15) is 0 Å². The second-order valence-electron chi connectivity index (χ2n) is 0.476. The number of hydrogen-bond acceptors (Lipinski definition) is 4. The van der Waals surface area contributed by atoms with Crippen LogP contribution >= 0.6 is 0 Å². The zero-order valence-corrected chi connectivity index (χ0v) is 7.11. The van der Waals surface area contributed by atoms with Crippen molar-refractivity contribution in [3.05, 3.63) is 20.2 Å². The summed E-state index contributed by atoms with van der Waals surface area (Å²) >= 11 is 0. The van der Waals surface area contributed by atoms with Gasteiger partial charge in [-0.1, -0.05) is 0 Å². The largest absolute Gasteiger partial charge is 0.457 e. The van der Waals surface area contributed by atoms with Crippen LogP contribution in [-0.4, -0.2) is 20.6 Å². The Morgan fingerprint density at radius 3 is 0.769 bits per heavy atom. The predicted molar refractivity (Wildman–Crippen MR) is 37.0 cm³/mol. The van der Waals surface area contributed by atoms with E-state index in [1.807, 2.05) is 0 Å². The van der Waals surface area contributed by atoms with E-state index < -0.39 is 10.2 Å². The molecule has 0 aromatic heterocycles. The van der Waals surface area contributed by atoms with Crippen LogP contribution in [0, 0.1) is 20.2 Å². The average Bonchev–Trinajstić information content (AvgIpc) is 1.25. The molecule has 13 heteroatoms. The predicted octanol–water partition coefficient (Wildman–Crippen LogP) is -4.39. The van der Waals surface area contributed by atoms with Crippen LogP contribution in [0.2, 0.25) is 0 Å². The van der Waals surface area contributed by atoms with Crippen molar-refractivity contribution < 1.29 is 59.3 Å². The first-order chi connectivity index (χ1) is 3.46. The molecule has 0 saturated heterocycles. The maximum Gasteiger partial charge on any atom is 0.291 e. The Morgan fingerprint density at radius 2 is 0.769 bits per heavy atom. The Balaban J connectivity index is -0.00000000800. The summed E-state index contributed by atoms with van der Waals surface area (Å²) in [5.41, 5.74) is 0. The number of hydrogen-bond donors (Lipinski definition) is 2. The molecule has 0 fully saturated rings. The molecule has 13 heavy (non-hydrogen) atoms. The van der Waals surface area contributed by atoms with Gasteiger partial charge in [-0.3, -0.25) is 0 Å². The van der Waals surface area contributed by atoms with Gasteiger partial charge < -0.3 is 32.3 Å². The molecule has 0 spiro atoms. The van der Waals surface area contributed by atoms with E-state index in [-0.39, 0.29) is 38.7 Å². The molecule has 0 unspecified atom stereocenters. The average molecular weight is 261 g/mol. The Morgan fingerprint density at radius 1 is 0.769 bits per heavy atom. The monoisotopic (exact) mass is 261 g/mol. The molecule has 0 aliphatic heterocycles. The molecule has 0 amide bonds. The third-order valence-electron chi connectivity index (χ3n) is 0. The zero-order valence-electron chi connectivity index (χ0n) is 6.06. The summed E-state index contributed by atoms with van der Waals surface area (Å²) in [4.78, 5) is 16.7. The van der Waals surface area contributed by atoms with E-state index in [1.54, 1.807) is 0 Å². The summed E-state index contributed by atoms with van der Waals surface area (Å²) in [6.45, 7) is 0. The van der Waals surface area contributed by atoms with Gasteiger partial charge in [0.2, 0.25) is 0 Å². The molecule has 0 aromatic rings. The van der Waals surface area contributed by atoms with E-state index in [1.165, 1.54) is 0 Å². The van der Waals surface area contributed by atoms with E-state index in [0.717, 1.165) is 0 Å². The van der Waals surface area contributed by atoms with Crippen molar-refractivity contribution in [2.24, 2.45) is 0 Å². The van der Waals surface area contributed by atoms with Crippen molar-refractivity contribution >= 4 is 0 Å². The third kappa shape index (κ3) is 523. The van der Waals surface area contributed by atoms with Gasteiger partial charge in [0.25, 0.3) is 10.2 Å². The molecule has 1 radical (unpaired) electrons. The minimum absolute atomic E-state index is 0. The fourth-order valence-electron chi connectivity index (χ4n) is 0. The Kier molecular flexibility index (Phi) is 210. The van der Waals surface area contributed by atoms with Crippen LogP contribution in [-0.2, 0) is 38.7 Å². The van der Waals surface area contributed by atoms with Crippen LogP contribution in [0.25, 0.3) is 0 Å². The molecule has 14 N–H and O–H groups in total. The van der Waals surface area contributed by atoms with E-state index in [0.29, 0.717) is 0 Å². The van der Waals surface area contributed by atoms with Crippen LogP contribution in [0.15, 0.2) is 0 Å². The van der Waals surface area contributed by atoms with E-state index in [4.69, 9.17) is 30.6 Å². The molecule has 0 rings (SSSR count). The van der Waals surface area contributed by atoms with Gasteiger partial charge in [-0.25, -0.2) is 0 Å². The number of nitrogens with zero attached hydrogens (tertiary/aromatic N) is 2. The first kappa shape index (κ1) is 60.2. The van der Waals surface area contributed by atoms with Gasteiger partial charge in [0, 0.05) is 16.8 Å². The minimum Gasteiger partial charge on any atom is -0.457 e. The third-order valence-corrected chi connectivity index (χ3v) is 0. The van der Waals surface area contributed by atoms with Gasteiger partial charge in [0.1, 0.15) is 0 Å². The first-order valence-electron chi connectivity index (χ1n) is 1.13. The van der Waals surface area contributed by atoms with Crippen molar-refractivity contribution in [3.63, 3.8) is 0 Å². The fraction of sp³-hybridized carbons (Fsp3) is 0. The quantitative estimate of drug-likeness (QED) is 0.246. The van der Waals surface area contributed by atoms with Gasteiger partial charge in [-0.05, 0) is 0 Å². The first-order valence-corrected chi connectivity index (χ1v) is 1.13. The van der Waals surface area contributed by atoms with Gasteiger partial charge in [0.05, 0.1) is 0 Å². The summed E-state index contributed by atoms with van der Waals surface area (Å²) in [5.74, 6) is 0. The van der Waals surface area contributed by atoms with Gasteiger partial charge in [0.15, 0.2) is 0 Å². The molecule has 0 aliphatic carbocycles. The molecule has 0 atom stereocenters. The van der Waals surface area contributed by atoms with Gasteiger partial charge >= 0.3 is 0 Å². The summed E-state index contributed by atoms with van der Waals surface area (Å²) in [7, 11) is 0. The van der Waals surface area contributed by atoms with Crippen LogP contribution in [0.5, 0.6) is 0 Å². The van der Waals surface area contributed by atoms with Crippen LogP contribution in [0.3, 0.4) is 0 Å². The maximum absolute atomic E-state index is 8.36. The SMILES string of the molecule is O=[N+]([O-])O.O=[N+]([O-])O.[Co].[OH3+].[OH3+].[OH3+].[OH3+]. The van der Waals surface area contributed by atoms with E-state index in [9.17, 15) is 0 Å². The van der Waals surface area contributed by atoms with E-state index in [2.05, 4.69) is 0 Å². The van der Waals surface area contributed by atoms with Crippen LogP contribution < -0.4 is 0 Å². The molecule has 0 aromatic carbocycles. The topological polar surface area (TPSA) is 259 Å². The molecule has 12 nitrogen and oxygen atoms in total. The molecular formula is H14CoN2O10+4. The van der Waals surface area contributed by atoms with Crippen molar-refractivity contribution in [1.82, 2.24) is 0 Å². The molecule has 0 heterocycles. The van der Waals surface area contributed by atoms with Crippen molar-refractivity contribution in [2.75, 3.05) is 0 Å².